The Kier molecular flexibility index (Phi) is 3.58. The molecule has 1 atom stereocenters. The van der Waals surface area contributed by atoms with E-state index in [4.69, 9.17) is 4.52 Å². The molecule has 1 rings (SSSR count). The topological polar surface area (TPSA) is 80.0 Å². The average Bonchev–Trinajstić information content (AvgIpc) is 2.68. The maximum absolute atomic E-state index is 11.1. The number of hydrogen-bond acceptors (Lipinski definition) is 5. The van der Waals surface area contributed by atoms with Gasteiger partial charge in [-0.1, -0.05) is 12.1 Å². The van der Waals surface area contributed by atoms with E-state index in [-0.39, 0.29) is 17.8 Å². The molecule has 14 heavy (non-hydrogen) atoms. The highest BCUT2D eigenvalue weighted by Gasteiger charge is 2.18. The van der Waals surface area contributed by atoms with E-state index >= 15 is 0 Å². The Balaban J connectivity index is 2.81. The molecule has 0 radical (unpaired) electrons. The fraction of sp³-hybridized carbons (Fsp3) is 0.625. The fourth-order valence-corrected chi connectivity index (χ4v) is 1.08. The molecule has 0 aromatic carbocycles. The third-order valence-electron chi connectivity index (χ3n) is 1.93. The van der Waals surface area contributed by atoms with Gasteiger partial charge in [-0.3, -0.25) is 4.79 Å². The molecule has 1 amide bonds. The second-order valence-corrected chi connectivity index (χ2v) is 2.78. The molecule has 78 valence electrons. The van der Waals surface area contributed by atoms with E-state index in [1.807, 2.05) is 6.92 Å². The van der Waals surface area contributed by atoms with Crippen molar-refractivity contribution in [2.24, 2.45) is 0 Å². The van der Waals surface area contributed by atoms with E-state index in [0.717, 1.165) is 6.42 Å². The van der Waals surface area contributed by atoms with Crippen LogP contribution in [-0.2, 0) is 0 Å². The highest BCUT2D eigenvalue weighted by molar-refractivity contribution is 5.89. The van der Waals surface area contributed by atoms with Gasteiger partial charge in [-0.15, -0.1) is 0 Å². The van der Waals surface area contributed by atoms with Crippen molar-refractivity contribution in [3.05, 3.63) is 11.7 Å². The molecular formula is C8H14N4O2. The molecule has 0 fully saturated rings. The number of nitrogens with one attached hydrogen (secondary N) is 2. The van der Waals surface area contributed by atoms with E-state index in [9.17, 15) is 4.79 Å². The molecule has 1 unspecified atom stereocenters. The first-order chi connectivity index (χ1) is 6.72. The minimum atomic E-state index is -0.342. The van der Waals surface area contributed by atoms with E-state index in [1.165, 1.54) is 7.05 Å². The Morgan fingerprint density at radius 1 is 1.57 bits per heavy atom. The lowest BCUT2D eigenvalue weighted by Gasteiger charge is -2.06. The zero-order valence-corrected chi connectivity index (χ0v) is 8.50. The van der Waals surface area contributed by atoms with E-state index in [0.29, 0.717) is 5.89 Å². The predicted molar refractivity (Wildman–Crippen MR) is 49.8 cm³/mol. The Labute approximate surface area is 82.1 Å². The van der Waals surface area contributed by atoms with Crippen molar-refractivity contribution in [3.63, 3.8) is 0 Å². The molecule has 0 aliphatic heterocycles. The molecule has 2 N–H and O–H groups in total. The Bertz CT molecular complexity index is 306. The van der Waals surface area contributed by atoms with E-state index < -0.39 is 0 Å². The van der Waals surface area contributed by atoms with Crippen LogP contribution >= 0.6 is 0 Å². The van der Waals surface area contributed by atoms with Gasteiger partial charge in [0.25, 0.3) is 11.7 Å². The van der Waals surface area contributed by atoms with Gasteiger partial charge in [0.2, 0.25) is 5.89 Å². The third-order valence-corrected chi connectivity index (χ3v) is 1.93. The maximum atomic E-state index is 11.1. The van der Waals surface area contributed by atoms with E-state index in [2.05, 4.69) is 20.8 Å². The van der Waals surface area contributed by atoms with Gasteiger partial charge in [0.1, 0.15) is 0 Å². The second-order valence-electron chi connectivity index (χ2n) is 2.78. The van der Waals surface area contributed by atoms with Crippen molar-refractivity contribution in [1.82, 2.24) is 20.8 Å². The van der Waals surface area contributed by atoms with Crippen LogP contribution in [-0.4, -0.2) is 30.1 Å². The van der Waals surface area contributed by atoms with Crippen LogP contribution in [0.1, 0.15) is 35.9 Å². The summed E-state index contributed by atoms with van der Waals surface area (Å²) in [5.74, 6) is 0.163. The number of amides is 1. The van der Waals surface area contributed by atoms with Gasteiger partial charge in [0.05, 0.1) is 6.04 Å². The van der Waals surface area contributed by atoms with Gasteiger partial charge in [-0.2, -0.15) is 4.98 Å². The second kappa shape index (κ2) is 4.71. The summed E-state index contributed by atoms with van der Waals surface area (Å²) >= 11 is 0. The first kappa shape index (κ1) is 10.6. The van der Waals surface area contributed by atoms with Crippen LogP contribution in [0.25, 0.3) is 0 Å². The van der Waals surface area contributed by atoms with Crippen molar-refractivity contribution < 1.29 is 9.32 Å². The number of aromatic nitrogens is 2. The number of nitrogens with zero attached hydrogens (tertiary/aromatic N) is 2. The van der Waals surface area contributed by atoms with Crippen molar-refractivity contribution >= 4 is 5.91 Å². The normalized spacial score (nSPS) is 12.5. The van der Waals surface area contributed by atoms with Gasteiger partial charge in [-0.05, 0) is 13.5 Å². The molecule has 0 saturated carbocycles. The van der Waals surface area contributed by atoms with Crippen LogP contribution in [0, 0.1) is 0 Å². The molecule has 0 spiro atoms. The SMILES string of the molecule is CCC(NC)c1nc(C(=O)NC)no1. The minimum absolute atomic E-state index is 0.000839. The van der Waals surface area contributed by atoms with Gasteiger partial charge in [0.15, 0.2) is 0 Å². The molecule has 0 aliphatic rings. The molecule has 0 bridgehead atoms. The van der Waals surface area contributed by atoms with Crippen LogP contribution < -0.4 is 10.6 Å². The predicted octanol–water partition coefficient (Wildman–Crippen LogP) is 0.0997. The first-order valence-electron chi connectivity index (χ1n) is 4.45. The monoisotopic (exact) mass is 198 g/mol. The summed E-state index contributed by atoms with van der Waals surface area (Å²) < 4.78 is 4.95. The summed E-state index contributed by atoms with van der Waals surface area (Å²) in [5.41, 5.74) is 0. The van der Waals surface area contributed by atoms with Gasteiger partial charge < -0.3 is 15.2 Å². The quantitative estimate of drug-likeness (QED) is 0.717. The summed E-state index contributed by atoms with van der Waals surface area (Å²) in [6, 6.07) is 0.000839. The molecular weight excluding hydrogens is 184 g/mol. The lowest BCUT2D eigenvalue weighted by Crippen LogP contribution is -2.20. The largest absolute Gasteiger partial charge is 0.352 e. The van der Waals surface area contributed by atoms with E-state index in [1.54, 1.807) is 7.05 Å². The zero-order chi connectivity index (χ0) is 10.6. The van der Waals surface area contributed by atoms with Crippen molar-refractivity contribution in [1.29, 1.82) is 0 Å². The minimum Gasteiger partial charge on any atom is -0.352 e. The van der Waals surface area contributed by atoms with Gasteiger partial charge in [0, 0.05) is 7.05 Å². The van der Waals surface area contributed by atoms with Gasteiger partial charge >= 0.3 is 0 Å². The van der Waals surface area contributed by atoms with Crippen LogP contribution in [0.4, 0.5) is 0 Å². The number of carbonyl (C=O) groups is 1. The van der Waals surface area contributed by atoms with Crippen LogP contribution in [0.5, 0.6) is 0 Å². The lowest BCUT2D eigenvalue weighted by atomic mass is 10.2. The standard InChI is InChI=1S/C8H14N4O2/c1-4-5(9-2)8-11-6(12-14-8)7(13)10-3/h5,9H,4H2,1-3H3,(H,10,13). The van der Waals surface area contributed by atoms with Crippen LogP contribution in [0.3, 0.4) is 0 Å². The summed E-state index contributed by atoms with van der Waals surface area (Å²) in [4.78, 5) is 15.1. The molecule has 6 nitrogen and oxygen atoms in total. The van der Waals surface area contributed by atoms with Crippen LogP contribution in [0.2, 0.25) is 0 Å². The van der Waals surface area contributed by atoms with Crippen molar-refractivity contribution in [2.75, 3.05) is 14.1 Å². The number of rotatable bonds is 4. The lowest BCUT2D eigenvalue weighted by molar-refractivity contribution is 0.0950. The smallest absolute Gasteiger partial charge is 0.292 e. The highest BCUT2D eigenvalue weighted by atomic mass is 16.5. The Morgan fingerprint density at radius 3 is 2.79 bits per heavy atom. The highest BCUT2D eigenvalue weighted by Crippen LogP contribution is 2.12. The Hall–Kier alpha value is -1.43. The Morgan fingerprint density at radius 2 is 2.29 bits per heavy atom. The molecule has 1 aromatic heterocycles. The molecule has 0 saturated heterocycles. The summed E-state index contributed by atoms with van der Waals surface area (Å²) in [5, 5.41) is 9.00. The fourth-order valence-electron chi connectivity index (χ4n) is 1.08. The maximum Gasteiger partial charge on any atom is 0.292 e. The summed E-state index contributed by atoms with van der Waals surface area (Å²) in [7, 11) is 3.33. The molecule has 0 aliphatic carbocycles. The summed E-state index contributed by atoms with van der Waals surface area (Å²) in [6.45, 7) is 1.99. The van der Waals surface area contributed by atoms with Crippen LogP contribution in [0.15, 0.2) is 4.52 Å². The zero-order valence-electron chi connectivity index (χ0n) is 8.50. The summed E-state index contributed by atoms with van der Waals surface area (Å²) in [6.07, 6.45) is 0.825. The third kappa shape index (κ3) is 2.08. The number of carbonyl (C=O) groups excluding carboxylic acids is 1. The average molecular weight is 198 g/mol. The first-order valence-corrected chi connectivity index (χ1v) is 4.45. The van der Waals surface area contributed by atoms with Crippen molar-refractivity contribution in [2.45, 2.75) is 19.4 Å². The molecule has 6 heteroatoms. The van der Waals surface area contributed by atoms with Crippen molar-refractivity contribution in [3.8, 4) is 0 Å². The molecule has 1 heterocycles. The number of hydrogen-bond donors (Lipinski definition) is 2. The molecule has 1 aromatic rings. The van der Waals surface area contributed by atoms with Gasteiger partial charge in [-0.25, -0.2) is 0 Å².